The Morgan fingerprint density at radius 3 is 2.86 bits per heavy atom. The maximum atomic E-state index is 12.3. The molecule has 0 radical (unpaired) electrons. The summed E-state index contributed by atoms with van der Waals surface area (Å²) in [5.74, 6) is 2.14. The van der Waals surface area contributed by atoms with Crippen LogP contribution in [0.25, 0.3) is 0 Å². The number of nitrogens with one attached hydrogen (secondary N) is 1. The number of fused-ring (bicyclic) bond motifs is 5. The fraction of sp³-hybridized carbons (Fsp3) is 0.688. The zero-order valence-corrected chi connectivity index (χ0v) is 13.3. The van der Waals surface area contributed by atoms with Crippen molar-refractivity contribution in [1.82, 2.24) is 14.9 Å². The van der Waals surface area contributed by atoms with E-state index < -0.39 is 0 Å². The Morgan fingerprint density at radius 1 is 1.18 bits per heavy atom. The Hall–Kier alpha value is -1.85. The summed E-state index contributed by atoms with van der Waals surface area (Å²) in [5, 5.41) is 3.22. The van der Waals surface area contributed by atoms with E-state index in [9.17, 15) is 4.79 Å². The van der Waals surface area contributed by atoms with Gasteiger partial charge in [-0.25, -0.2) is 4.98 Å². The van der Waals surface area contributed by atoms with Gasteiger partial charge in [0.15, 0.2) is 0 Å². The zero-order valence-electron chi connectivity index (χ0n) is 13.3. The molecule has 0 aromatic carbocycles. The van der Waals surface area contributed by atoms with Crippen molar-refractivity contribution in [2.75, 3.05) is 37.4 Å². The van der Waals surface area contributed by atoms with Crippen molar-refractivity contribution in [1.29, 1.82) is 0 Å². The van der Waals surface area contributed by atoms with Gasteiger partial charge in [0.05, 0.1) is 11.6 Å². The van der Waals surface area contributed by atoms with E-state index in [0.717, 1.165) is 57.0 Å². The third-order valence-corrected chi connectivity index (χ3v) is 5.41. The van der Waals surface area contributed by atoms with Crippen molar-refractivity contribution in [2.45, 2.75) is 38.1 Å². The zero-order chi connectivity index (χ0) is 15.3. The van der Waals surface area contributed by atoms with Gasteiger partial charge in [-0.05, 0) is 32.1 Å². The van der Waals surface area contributed by atoms with Crippen molar-refractivity contribution in [3.05, 3.63) is 11.3 Å². The molecule has 6 heteroatoms. The van der Waals surface area contributed by atoms with Gasteiger partial charge in [0, 0.05) is 38.8 Å². The Morgan fingerprint density at radius 2 is 2.05 bits per heavy atom. The molecule has 0 unspecified atom stereocenters. The summed E-state index contributed by atoms with van der Waals surface area (Å²) in [6.45, 7) is 1.60. The summed E-state index contributed by atoms with van der Waals surface area (Å²) in [6, 6.07) is 0.293. The number of amides is 1. The predicted molar refractivity (Wildman–Crippen MR) is 85.1 cm³/mol. The van der Waals surface area contributed by atoms with Crippen LogP contribution in [0.2, 0.25) is 0 Å². The molecule has 3 fully saturated rings. The van der Waals surface area contributed by atoms with Crippen LogP contribution in [0, 0.1) is 5.92 Å². The lowest BCUT2D eigenvalue weighted by atomic mass is 9.95. The molecule has 1 aliphatic carbocycles. The van der Waals surface area contributed by atoms with Gasteiger partial charge in [0.2, 0.25) is 11.9 Å². The maximum absolute atomic E-state index is 12.3. The van der Waals surface area contributed by atoms with Gasteiger partial charge in [-0.1, -0.05) is 0 Å². The Labute approximate surface area is 130 Å². The largest absolute Gasteiger partial charge is 0.373 e. The van der Waals surface area contributed by atoms with E-state index in [1.165, 1.54) is 11.3 Å². The quantitative estimate of drug-likeness (QED) is 0.885. The molecule has 1 aromatic rings. The van der Waals surface area contributed by atoms with Gasteiger partial charge >= 0.3 is 0 Å². The number of carbonyl (C=O) groups is 1. The molecule has 5 rings (SSSR count). The van der Waals surface area contributed by atoms with E-state index in [1.54, 1.807) is 0 Å². The number of rotatable bonds is 2. The number of aryl methyl sites for hydroxylation is 1. The van der Waals surface area contributed by atoms with Gasteiger partial charge in [-0.15, -0.1) is 0 Å². The fourth-order valence-electron chi connectivity index (χ4n) is 4.09. The second-order valence-electron chi connectivity index (χ2n) is 6.68. The minimum Gasteiger partial charge on any atom is -0.373 e. The van der Waals surface area contributed by atoms with E-state index in [0.29, 0.717) is 6.04 Å². The summed E-state index contributed by atoms with van der Waals surface area (Å²) in [4.78, 5) is 26.1. The highest BCUT2D eigenvalue weighted by molar-refractivity contribution is 5.81. The van der Waals surface area contributed by atoms with Crippen LogP contribution in [0.1, 0.15) is 30.5 Å². The number of hydrogen-bond acceptors (Lipinski definition) is 5. The molecule has 2 atom stereocenters. The number of hydrogen-bond donors (Lipinski definition) is 1. The number of aromatic nitrogens is 2. The highest BCUT2D eigenvalue weighted by Crippen LogP contribution is 2.32. The molecule has 118 valence electrons. The van der Waals surface area contributed by atoms with Gasteiger partial charge < -0.3 is 15.1 Å². The highest BCUT2D eigenvalue weighted by atomic mass is 16.2. The highest BCUT2D eigenvalue weighted by Gasteiger charge is 2.39. The minimum atomic E-state index is 0.0960. The molecule has 4 heterocycles. The summed E-state index contributed by atoms with van der Waals surface area (Å²) < 4.78 is 0. The Kier molecular flexibility index (Phi) is 3.20. The SMILES string of the molecule is CNc1nc(N2C[C@H]3CC[C@@H](C2)N(C)C3=O)nc2c1CCC2. The van der Waals surface area contributed by atoms with Crippen molar-refractivity contribution in [2.24, 2.45) is 5.92 Å². The average molecular weight is 301 g/mol. The average Bonchev–Trinajstić information content (AvgIpc) is 2.85. The van der Waals surface area contributed by atoms with Gasteiger partial charge in [-0.2, -0.15) is 4.98 Å². The smallest absolute Gasteiger partial charge is 0.227 e. The van der Waals surface area contributed by atoms with E-state index in [2.05, 4.69) is 10.2 Å². The van der Waals surface area contributed by atoms with Gasteiger partial charge in [-0.3, -0.25) is 4.79 Å². The van der Waals surface area contributed by atoms with Crippen LogP contribution in [0.3, 0.4) is 0 Å². The first-order chi connectivity index (χ1) is 10.7. The lowest BCUT2D eigenvalue weighted by Crippen LogP contribution is -2.45. The van der Waals surface area contributed by atoms with Crippen LogP contribution >= 0.6 is 0 Å². The summed E-state index contributed by atoms with van der Waals surface area (Å²) in [6.07, 6.45) is 5.35. The molecule has 4 aliphatic rings. The van der Waals surface area contributed by atoms with Crippen LogP contribution < -0.4 is 10.2 Å². The Balaban J connectivity index is 1.69. The van der Waals surface area contributed by atoms with E-state index >= 15 is 0 Å². The molecule has 6 nitrogen and oxygen atoms in total. The van der Waals surface area contributed by atoms with Crippen LogP contribution in [-0.2, 0) is 17.6 Å². The lowest BCUT2D eigenvalue weighted by Gasteiger charge is -2.32. The first-order valence-corrected chi connectivity index (χ1v) is 8.26. The lowest BCUT2D eigenvalue weighted by molar-refractivity contribution is -0.138. The number of likely N-dealkylation sites (N-methyl/N-ethyl adjacent to an activating group) is 1. The number of piperidine rings is 1. The molecular weight excluding hydrogens is 278 g/mol. The molecule has 0 saturated carbocycles. The molecule has 2 bridgehead atoms. The number of anilines is 2. The molecule has 0 spiro atoms. The molecule has 22 heavy (non-hydrogen) atoms. The fourth-order valence-corrected chi connectivity index (χ4v) is 4.09. The predicted octanol–water partition coefficient (Wildman–Crippen LogP) is 1.06. The normalized spacial score (nSPS) is 27.1. The van der Waals surface area contributed by atoms with Gasteiger partial charge in [0.1, 0.15) is 5.82 Å². The van der Waals surface area contributed by atoms with E-state index in [-0.39, 0.29) is 11.8 Å². The molecule has 3 saturated heterocycles. The summed E-state index contributed by atoms with van der Waals surface area (Å²) in [7, 11) is 3.86. The second-order valence-corrected chi connectivity index (χ2v) is 6.68. The summed E-state index contributed by atoms with van der Waals surface area (Å²) >= 11 is 0. The van der Waals surface area contributed by atoms with Crippen molar-refractivity contribution in [3.63, 3.8) is 0 Å². The molecule has 1 N–H and O–H groups in total. The van der Waals surface area contributed by atoms with Crippen LogP contribution in [0.4, 0.5) is 11.8 Å². The second kappa shape index (κ2) is 5.11. The monoisotopic (exact) mass is 301 g/mol. The Bertz CT molecular complexity index is 617. The van der Waals surface area contributed by atoms with E-state index in [1.807, 2.05) is 19.0 Å². The number of nitrogens with zero attached hydrogens (tertiary/aromatic N) is 4. The third kappa shape index (κ3) is 2.04. The number of carbonyl (C=O) groups excluding carboxylic acids is 1. The molecule has 1 aromatic heterocycles. The summed E-state index contributed by atoms with van der Waals surface area (Å²) in [5.41, 5.74) is 2.46. The van der Waals surface area contributed by atoms with Crippen molar-refractivity contribution in [3.8, 4) is 0 Å². The van der Waals surface area contributed by atoms with Gasteiger partial charge in [0.25, 0.3) is 0 Å². The first-order valence-electron chi connectivity index (χ1n) is 8.26. The van der Waals surface area contributed by atoms with Crippen LogP contribution in [0.15, 0.2) is 0 Å². The van der Waals surface area contributed by atoms with Crippen LogP contribution in [-0.4, -0.2) is 54.0 Å². The standard InChI is InChI=1S/C16H23N5O/c1-17-14-12-4-3-5-13(12)18-16(19-14)21-8-10-6-7-11(9-21)20(2)15(10)22/h10-11H,3-9H2,1-2H3,(H,17,18,19)/t10-,11+/m1/s1. The van der Waals surface area contributed by atoms with Crippen molar-refractivity contribution < 1.29 is 4.79 Å². The maximum Gasteiger partial charge on any atom is 0.227 e. The minimum absolute atomic E-state index is 0.0960. The van der Waals surface area contributed by atoms with E-state index in [4.69, 9.17) is 9.97 Å². The van der Waals surface area contributed by atoms with Crippen LogP contribution in [0.5, 0.6) is 0 Å². The molecule has 3 aliphatic heterocycles. The molecular formula is C16H23N5O. The molecule has 1 amide bonds. The van der Waals surface area contributed by atoms with Crippen molar-refractivity contribution >= 4 is 17.7 Å². The third-order valence-electron chi connectivity index (χ3n) is 5.41. The topological polar surface area (TPSA) is 61.4 Å². The first kappa shape index (κ1) is 13.8.